The minimum absolute atomic E-state index is 0. The fraction of sp³-hybridized carbons (Fsp3) is 0.333. The number of anilines is 1. The molecular weight excluding hydrogens is 306 g/mol. The van der Waals surface area contributed by atoms with Crippen LogP contribution in [-0.4, -0.2) is 46.8 Å². The number of aromatic hydroxyl groups is 1. The maximum absolute atomic E-state index is 11.3. The van der Waals surface area contributed by atoms with E-state index in [-0.39, 0.29) is 29.9 Å². The Morgan fingerprint density at radius 2 is 2.23 bits per heavy atom. The Hall–Kier alpha value is -2.05. The first-order valence-corrected chi connectivity index (χ1v) is 6.91. The van der Waals surface area contributed by atoms with Crippen molar-refractivity contribution in [3.05, 3.63) is 30.0 Å². The van der Waals surface area contributed by atoms with E-state index in [0.29, 0.717) is 5.52 Å². The van der Waals surface area contributed by atoms with Gasteiger partial charge in [-0.1, -0.05) is 12.1 Å². The molecule has 6 nitrogen and oxygen atoms in total. The van der Waals surface area contributed by atoms with Gasteiger partial charge >= 0.3 is 5.97 Å². The van der Waals surface area contributed by atoms with E-state index < -0.39 is 5.97 Å². The zero-order valence-corrected chi connectivity index (χ0v) is 12.9. The number of carbonyl (C=O) groups is 1. The lowest BCUT2D eigenvalue weighted by atomic mass is 10.1. The highest BCUT2D eigenvalue weighted by molar-refractivity contribution is 5.99. The van der Waals surface area contributed by atoms with Crippen LogP contribution in [0.5, 0.6) is 5.75 Å². The molecule has 0 radical (unpaired) electrons. The first-order chi connectivity index (χ1) is 10.1. The van der Waals surface area contributed by atoms with Crippen molar-refractivity contribution in [3.8, 4) is 5.75 Å². The molecule has 0 aliphatic carbocycles. The molecule has 2 heterocycles. The zero-order chi connectivity index (χ0) is 15.0. The topological polar surface area (TPSA) is 85.7 Å². The Labute approximate surface area is 134 Å². The van der Waals surface area contributed by atoms with E-state index in [1.807, 2.05) is 6.07 Å². The van der Waals surface area contributed by atoms with Crippen LogP contribution >= 0.6 is 12.4 Å². The Kier molecular flexibility index (Phi) is 4.73. The monoisotopic (exact) mass is 323 g/mol. The van der Waals surface area contributed by atoms with Crippen molar-refractivity contribution in [2.45, 2.75) is 13.0 Å². The molecule has 1 aliphatic rings. The molecule has 3 N–H and O–H groups in total. The Bertz CT molecular complexity index is 708. The van der Waals surface area contributed by atoms with Crippen molar-refractivity contribution >= 4 is 35.0 Å². The lowest BCUT2D eigenvalue weighted by Gasteiger charge is -2.36. The second-order valence-corrected chi connectivity index (χ2v) is 5.25. The van der Waals surface area contributed by atoms with Crippen molar-refractivity contribution in [2.75, 3.05) is 24.5 Å². The van der Waals surface area contributed by atoms with Gasteiger partial charge in [0.15, 0.2) is 5.69 Å². The molecule has 22 heavy (non-hydrogen) atoms. The number of para-hydroxylation sites is 1. The number of fused-ring (bicyclic) bond motifs is 1. The van der Waals surface area contributed by atoms with Crippen LogP contribution < -0.4 is 10.2 Å². The maximum Gasteiger partial charge on any atom is 0.354 e. The average Bonchev–Trinajstić information content (AvgIpc) is 2.47. The predicted molar refractivity (Wildman–Crippen MR) is 87.3 cm³/mol. The number of halogens is 1. The molecule has 2 aromatic rings. The molecule has 0 bridgehead atoms. The smallest absolute Gasteiger partial charge is 0.354 e. The number of aromatic carboxylic acids is 1. The van der Waals surface area contributed by atoms with Crippen LogP contribution in [0.1, 0.15) is 17.4 Å². The van der Waals surface area contributed by atoms with Gasteiger partial charge in [0.25, 0.3) is 0 Å². The molecule has 1 aromatic heterocycles. The number of nitrogens with one attached hydrogen (secondary N) is 1. The van der Waals surface area contributed by atoms with E-state index in [2.05, 4.69) is 22.1 Å². The van der Waals surface area contributed by atoms with E-state index in [1.54, 1.807) is 12.1 Å². The number of pyridine rings is 1. The summed E-state index contributed by atoms with van der Waals surface area (Å²) in [5.74, 6) is -1.09. The molecule has 1 unspecified atom stereocenters. The maximum atomic E-state index is 11.3. The first-order valence-electron chi connectivity index (χ1n) is 6.91. The molecule has 0 saturated carbocycles. The highest BCUT2D eigenvalue weighted by atomic mass is 35.5. The second kappa shape index (κ2) is 6.37. The van der Waals surface area contributed by atoms with Gasteiger partial charge in [-0.15, -0.1) is 12.4 Å². The number of rotatable bonds is 2. The van der Waals surface area contributed by atoms with Gasteiger partial charge in [0, 0.05) is 36.7 Å². The Morgan fingerprint density at radius 1 is 1.45 bits per heavy atom. The summed E-state index contributed by atoms with van der Waals surface area (Å²) in [7, 11) is 0. The lowest BCUT2D eigenvalue weighted by molar-refractivity contribution is 0.0691. The summed E-state index contributed by atoms with van der Waals surface area (Å²) in [5, 5.41) is 23.3. The number of carboxylic acids is 1. The van der Waals surface area contributed by atoms with Crippen molar-refractivity contribution in [3.63, 3.8) is 0 Å². The molecule has 7 heteroatoms. The van der Waals surface area contributed by atoms with Crippen LogP contribution in [-0.2, 0) is 0 Å². The van der Waals surface area contributed by atoms with Crippen LogP contribution in [0, 0.1) is 0 Å². The number of hydrogen-bond donors (Lipinski definition) is 3. The number of carboxylic acid groups (broad SMARTS) is 1. The minimum Gasteiger partial charge on any atom is -0.506 e. The summed E-state index contributed by atoms with van der Waals surface area (Å²) >= 11 is 0. The van der Waals surface area contributed by atoms with Gasteiger partial charge in [0.2, 0.25) is 0 Å². The largest absolute Gasteiger partial charge is 0.506 e. The van der Waals surface area contributed by atoms with Gasteiger partial charge in [-0.25, -0.2) is 9.78 Å². The Morgan fingerprint density at radius 3 is 2.91 bits per heavy atom. The molecule has 0 spiro atoms. The second-order valence-electron chi connectivity index (χ2n) is 5.25. The third-order valence-electron chi connectivity index (χ3n) is 3.83. The predicted octanol–water partition coefficient (Wildman–Crippen LogP) is 1.86. The van der Waals surface area contributed by atoms with E-state index in [9.17, 15) is 15.0 Å². The SMILES string of the molecule is CC1CNCCN1c1cc(C(=O)O)nc2c(O)cccc12.Cl. The fourth-order valence-electron chi connectivity index (χ4n) is 2.76. The molecule has 1 atom stereocenters. The highest BCUT2D eigenvalue weighted by Gasteiger charge is 2.23. The van der Waals surface area contributed by atoms with E-state index in [4.69, 9.17) is 0 Å². The van der Waals surface area contributed by atoms with Crippen LogP contribution in [0.2, 0.25) is 0 Å². The number of hydrogen-bond acceptors (Lipinski definition) is 5. The summed E-state index contributed by atoms with van der Waals surface area (Å²) in [4.78, 5) is 17.5. The van der Waals surface area contributed by atoms with Gasteiger partial charge in [-0.2, -0.15) is 0 Å². The van der Waals surface area contributed by atoms with Gasteiger partial charge in [-0.05, 0) is 19.1 Å². The Balaban J connectivity index is 0.00000176. The number of benzene rings is 1. The molecule has 0 amide bonds. The number of aromatic nitrogens is 1. The first kappa shape index (κ1) is 16.3. The van der Waals surface area contributed by atoms with Gasteiger partial charge in [-0.3, -0.25) is 0 Å². The molecule has 1 fully saturated rings. The lowest BCUT2D eigenvalue weighted by Crippen LogP contribution is -2.50. The minimum atomic E-state index is -1.09. The zero-order valence-electron chi connectivity index (χ0n) is 12.1. The van der Waals surface area contributed by atoms with Crippen LogP contribution in [0.3, 0.4) is 0 Å². The normalized spacial score (nSPS) is 18.0. The average molecular weight is 324 g/mol. The molecule has 1 aromatic carbocycles. The third-order valence-corrected chi connectivity index (χ3v) is 3.83. The van der Waals surface area contributed by atoms with E-state index in [1.165, 1.54) is 6.07 Å². The van der Waals surface area contributed by atoms with Crippen LogP contribution in [0.25, 0.3) is 10.9 Å². The summed E-state index contributed by atoms with van der Waals surface area (Å²) in [5.41, 5.74) is 1.09. The summed E-state index contributed by atoms with van der Waals surface area (Å²) in [6.07, 6.45) is 0. The molecule has 3 rings (SSSR count). The molecule has 118 valence electrons. The fourth-order valence-corrected chi connectivity index (χ4v) is 2.76. The number of nitrogens with zero attached hydrogens (tertiary/aromatic N) is 2. The number of phenolic OH excluding ortho intramolecular Hbond substituents is 1. The highest BCUT2D eigenvalue weighted by Crippen LogP contribution is 2.33. The third kappa shape index (κ3) is 2.80. The van der Waals surface area contributed by atoms with Crippen LogP contribution in [0.15, 0.2) is 24.3 Å². The number of piperazine rings is 1. The molecule has 1 aliphatic heterocycles. The van der Waals surface area contributed by atoms with E-state index >= 15 is 0 Å². The van der Waals surface area contributed by atoms with Crippen molar-refractivity contribution in [2.24, 2.45) is 0 Å². The van der Waals surface area contributed by atoms with Crippen LogP contribution in [0.4, 0.5) is 5.69 Å². The number of phenols is 1. The molecule has 1 saturated heterocycles. The van der Waals surface area contributed by atoms with Crippen molar-refractivity contribution in [1.82, 2.24) is 10.3 Å². The quantitative estimate of drug-likeness (QED) is 0.782. The standard InChI is InChI=1S/C15H17N3O3.ClH/c1-9-8-16-5-6-18(9)12-7-11(15(20)21)17-14-10(12)3-2-4-13(14)19;/h2-4,7,9,16,19H,5-6,8H2,1H3,(H,20,21);1H. The van der Waals surface area contributed by atoms with Crippen molar-refractivity contribution in [1.29, 1.82) is 0 Å². The summed E-state index contributed by atoms with van der Waals surface area (Å²) < 4.78 is 0. The van der Waals surface area contributed by atoms with Gasteiger partial charge < -0.3 is 20.4 Å². The van der Waals surface area contributed by atoms with E-state index in [0.717, 1.165) is 30.7 Å². The summed E-state index contributed by atoms with van der Waals surface area (Å²) in [6, 6.07) is 6.96. The summed E-state index contributed by atoms with van der Waals surface area (Å²) in [6.45, 7) is 4.55. The van der Waals surface area contributed by atoms with Gasteiger partial charge in [0.05, 0.1) is 0 Å². The molecular formula is C15H18ClN3O3. The van der Waals surface area contributed by atoms with Gasteiger partial charge in [0.1, 0.15) is 11.3 Å². The van der Waals surface area contributed by atoms with Crippen molar-refractivity contribution < 1.29 is 15.0 Å².